The van der Waals surface area contributed by atoms with Crippen molar-refractivity contribution in [2.24, 2.45) is 0 Å². The number of piperazine rings is 1. The number of amides is 2. The van der Waals surface area contributed by atoms with Crippen LogP contribution in [0, 0.1) is 12.7 Å². The first-order valence-electron chi connectivity index (χ1n) is 9.25. The van der Waals surface area contributed by atoms with Crippen LogP contribution in [0.1, 0.15) is 5.56 Å². The van der Waals surface area contributed by atoms with Gasteiger partial charge in [0.1, 0.15) is 11.6 Å². The first kappa shape index (κ1) is 19.8. The van der Waals surface area contributed by atoms with E-state index in [4.69, 9.17) is 4.74 Å². The summed E-state index contributed by atoms with van der Waals surface area (Å²) in [6.45, 7) is 4.53. The molecule has 1 fully saturated rings. The highest BCUT2D eigenvalue weighted by Crippen LogP contribution is 2.16. The molecule has 1 saturated heterocycles. The molecule has 0 spiro atoms. The predicted molar refractivity (Wildman–Crippen MR) is 105 cm³/mol. The second-order valence-electron chi connectivity index (χ2n) is 6.77. The highest BCUT2D eigenvalue weighted by atomic mass is 19.1. The molecule has 148 valence electrons. The SMILES string of the molecule is Cc1ccccc1OCC(=O)N1CCN(CC(=O)Nc2ccc(F)cc2)CC1. The van der Waals surface area contributed by atoms with Crippen LogP contribution in [-0.2, 0) is 9.59 Å². The molecular formula is C21H24FN3O3. The number of rotatable bonds is 6. The van der Waals surface area contributed by atoms with Gasteiger partial charge in [-0.1, -0.05) is 18.2 Å². The third-order valence-electron chi connectivity index (χ3n) is 4.66. The van der Waals surface area contributed by atoms with Gasteiger partial charge >= 0.3 is 0 Å². The quantitative estimate of drug-likeness (QED) is 0.829. The van der Waals surface area contributed by atoms with E-state index in [1.807, 2.05) is 36.1 Å². The van der Waals surface area contributed by atoms with Crippen molar-refractivity contribution in [2.45, 2.75) is 6.92 Å². The number of ether oxygens (including phenoxy) is 1. The Hall–Kier alpha value is -2.93. The van der Waals surface area contributed by atoms with E-state index in [0.29, 0.717) is 37.6 Å². The fraction of sp³-hybridized carbons (Fsp3) is 0.333. The largest absolute Gasteiger partial charge is 0.484 e. The molecule has 0 atom stereocenters. The van der Waals surface area contributed by atoms with Crippen molar-refractivity contribution < 1.29 is 18.7 Å². The standard InChI is InChI=1S/C21H24FN3O3/c1-16-4-2-3-5-19(16)28-15-21(27)25-12-10-24(11-13-25)14-20(26)23-18-8-6-17(22)7-9-18/h2-9H,10-15H2,1H3,(H,23,26). The summed E-state index contributed by atoms with van der Waals surface area (Å²) >= 11 is 0. The lowest BCUT2D eigenvalue weighted by Crippen LogP contribution is -2.51. The Morgan fingerprint density at radius 2 is 1.71 bits per heavy atom. The third-order valence-corrected chi connectivity index (χ3v) is 4.66. The Bertz CT molecular complexity index is 818. The van der Waals surface area contributed by atoms with Gasteiger partial charge in [0.25, 0.3) is 5.91 Å². The Kier molecular flexibility index (Phi) is 6.60. The maximum atomic E-state index is 12.9. The molecule has 7 heteroatoms. The van der Waals surface area contributed by atoms with Crippen molar-refractivity contribution >= 4 is 17.5 Å². The topological polar surface area (TPSA) is 61.9 Å². The van der Waals surface area contributed by atoms with Gasteiger partial charge in [0.2, 0.25) is 5.91 Å². The van der Waals surface area contributed by atoms with E-state index in [1.165, 1.54) is 24.3 Å². The van der Waals surface area contributed by atoms with Gasteiger partial charge in [-0.2, -0.15) is 0 Å². The first-order chi connectivity index (χ1) is 13.5. The highest BCUT2D eigenvalue weighted by molar-refractivity contribution is 5.92. The van der Waals surface area contributed by atoms with Crippen molar-refractivity contribution in [3.8, 4) is 5.75 Å². The summed E-state index contributed by atoms with van der Waals surface area (Å²) in [5, 5.41) is 2.75. The second kappa shape index (κ2) is 9.32. The third kappa shape index (κ3) is 5.53. The molecule has 28 heavy (non-hydrogen) atoms. The number of benzene rings is 2. The Balaban J connectivity index is 1.40. The Morgan fingerprint density at radius 3 is 2.39 bits per heavy atom. The summed E-state index contributed by atoms with van der Waals surface area (Å²) in [6, 6.07) is 13.3. The van der Waals surface area contributed by atoms with Crippen LogP contribution in [0.3, 0.4) is 0 Å². The molecule has 0 unspecified atom stereocenters. The van der Waals surface area contributed by atoms with Gasteiger partial charge in [0.05, 0.1) is 6.54 Å². The summed E-state index contributed by atoms with van der Waals surface area (Å²) in [5.74, 6) is 0.157. The minimum atomic E-state index is -0.342. The minimum Gasteiger partial charge on any atom is -0.484 e. The molecule has 0 bridgehead atoms. The molecule has 0 radical (unpaired) electrons. The number of carbonyl (C=O) groups excluding carboxylic acids is 2. The molecular weight excluding hydrogens is 361 g/mol. The number of nitrogens with zero attached hydrogens (tertiary/aromatic N) is 2. The van der Waals surface area contributed by atoms with Crippen molar-refractivity contribution in [3.05, 3.63) is 59.9 Å². The van der Waals surface area contributed by atoms with Crippen LogP contribution < -0.4 is 10.1 Å². The monoisotopic (exact) mass is 385 g/mol. The van der Waals surface area contributed by atoms with Gasteiger partial charge in [-0.25, -0.2) is 4.39 Å². The van der Waals surface area contributed by atoms with E-state index in [9.17, 15) is 14.0 Å². The summed E-state index contributed by atoms with van der Waals surface area (Å²) in [7, 11) is 0. The second-order valence-corrected chi connectivity index (χ2v) is 6.77. The van der Waals surface area contributed by atoms with Gasteiger partial charge in [-0.05, 0) is 42.8 Å². The molecule has 2 aromatic carbocycles. The molecule has 3 rings (SSSR count). The normalized spacial score (nSPS) is 14.6. The van der Waals surface area contributed by atoms with Crippen LogP contribution in [0.15, 0.2) is 48.5 Å². The van der Waals surface area contributed by atoms with Crippen molar-refractivity contribution in [1.82, 2.24) is 9.80 Å². The average molecular weight is 385 g/mol. The number of carbonyl (C=O) groups is 2. The maximum Gasteiger partial charge on any atom is 0.260 e. The molecule has 1 aliphatic rings. The lowest BCUT2D eigenvalue weighted by atomic mass is 10.2. The summed E-state index contributed by atoms with van der Waals surface area (Å²) in [6.07, 6.45) is 0. The zero-order valence-corrected chi connectivity index (χ0v) is 15.9. The molecule has 1 N–H and O–H groups in total. The van der Waals surface area contributed by atoms with Crippen LogP contribution in [0.5, 0.6) is 5.75 Å². The molecule has 0 aliphatic carbocycles. The zero-order valence-electron chi connectivity index (χ0n) is 15.9. The van der Waals surface area contributed by atoms with Crippen molar-refractivity contribution in [1.29, 1.82) is 0 Å². The lowest BCUT2D eigenvalue weighted by Gasteiger charge is -2.34. The number of nitrogens with one attached hydrogen (secondary N) is 1. The minimum absolute atomic E-state index is 0.00983. The van der Waals surface area contributed by atoms with Crippen LogP contribution >= 0.6 is 0 Å². The molecule has 1 heterocycles. The molecule has 0 saturated carbocycles. The van der Waals surface area contributed by atoms with E-state index in [1.54, 1.807) is 4.90 Å². The van der Waals surface area contributed by atoms with Crippen molar-refractivity contribution in [2.75, 3.05) is 44.6 Å². The van der Waals surface area contributed by atoms with E-state index >= 15 is 0 Å². The number of para-hydroxylation sites is 1. The average Bonchev–Trinajstić information content (AvgIpc) is 2.69. The number of hydrogen-bond acceptors (Lipinski definition) is 4. The van der Waals surface area contributed by atoms with Crippen LogP contribution in [0.25, 0.3) is 0 Å². The first-order valence-corrected chi connectivity index (χ1v) is 9.25. The number of halogens is 1. The van der Waals surface area contributed by atoms with Gasteiger partial charge in [-0.15, -0.1) is 0 Å². The fourth-order valence-electron chi connectivity index (χ4n) is 3.04. The molecule has 2 amide bonds. The Labute approximate surface area is 163 Å². The van der Waals surface area contributed by atoms with Gasteiger partial charge in [-0.3, -0.25) is 14.5 Å². The van der Waals surface area contributed by atoms with Crippen LogP contribution in [0.2, 0.25) is 0 Å². The highest BCUT2D eigenvalue weighted by Gasteiger charge is 2.22. The number of aryl methyl sites for hydroxylation is 1. The van der Waals surface area contributed by atoms with Crippen molar-refractivity contribution in [3.63, 3.8) is 0 Å². The maximum absolute atomic E-state index is 12.9. The number of hydrogen-bond donors (Lipinski definition) is 1. The number of anilines is 1. The predicted octanol–water partition coefficient (Wildman–Crippen LogP) is 2.30. The van der Waals surface area contributed by atoms with E-state index in [0.717, 1.165) is 5.56 Å². The smallest absolute Gasteiger partial charge is 0.260 e. The van der Waals surface area contributed by atoms with Crippen LogP contribution in [0.4, 0.5) is 10.1 Å². The van der Waals surface area contributed by atoms with E-state index in [2.05, 4.69) is 5.32 Å². The Morgan fingerprint density at radius 1 is 1.04 bits per heavy atom. The van der Waals surface area contributed by atoms with Gasteiger partial charge in [0, 0.05) is 31.9 Å². The lowest BCUT2D eigenvalue weighted by molar-refractivity contribution is -0.135. The molecule has 6 nitrogen and oxygen atoms in total. The van der Waals surface area contributed by atoms with Crippen LogP contribution in [-0.4, -0.2) is 60.9 Å². The summed E-state index contributed by atoms with van der Waals surface area (Å²) < 4.78 is 18.5. The molecule has 1 aliphatic heterocycles. The summed E-state index contributed by atoms with van der Waals surface area (Å²) in [4.78, 5) is 28.2. The van der Waals surface area contributed by atoms with E-state index < -0.39 is 0 Å². The zero-order chi connectivity index (χ0) is 19.9. The van der Waals surface area contributed by atoms with E-state index in [-0.39, 0.29) is 30.8 Å². The fourth-order valence-corrected chi connectivity index (χ4v) is 3.04. The molecule has 2 aromatic rings. The molecule has 0 aromatic heterocycles. The van der Waals surface area contributed by atoms with Gasteiger partial charge < -0.3 is 15.0 Å². The van der Waals surface area contributed by atoms with Gasteiger partial charge in [0.15, 0.2) is 6.61 Å². The summed E-state index contributed by atoms with van der Waals surface area (Å²) in [5.41, 5.74) is 1.56.